The molecule has 3 nitrogen and oxygen atoms in total. The summed E-state index contributed by atoms with van der Waals surface area (Å²) in [5.74, 6) is 0.379. The third kappa shape index (κ3) is 4.49. The summed E-state index contributed by atoms with van der Waals surface area (Å²) < 4.78 is 0. The van der Waals surface area contributed by atoms with Gasteiger partial charge in [-0.3, -0.25) is 4.79 Å². The lowest BCUT2D eigenvalue weighted by Crippen LogP contribution is -2.33. The molecule has 0 saturated heterocycles. The smallest absolute Gasteiger partial charge is 0.227 e. The van der Waals surface area contributed by atoms with Gasteiger partial charge in [0, 0.05) is 6.54 Å². The van der Waals surface area contributed by atoms with E-state index >= 15 is 0 Å². The minimum Gasteiger partial charge on any atom is -0.356 e. The van der Waals surface area contributed by atoms with Crippen molar-refractivity contribution in [2.75, 3.05) is 20.1 Å². The first-order valence-corrected chi connectivity index (χ1v) is 6.64. The summed E-state index contributed by atoms with van der Waals surface area (Å²) in [6.45, 7) is 5.84. The SMILES string of the molecule is CNCCCNC(=O)C(c1ccccc1)C(C)C. The van der Waals surface area contributed by atoms with E-state index in [2.05, 4.69) is 24.5 Å². The topological polar surface area (TPSA) is 41.1 Å². The number of amides is 1. The molecule has 1 rings (SSSR count). The zero-order valence-corrected chi connectivity index (χ0v) is 11.6. The highest BCUT2D eigenvalue weighted by atomic mass is 16.1. The molecule has 3 heteroatoms. The number of carbonyl (C=O) groups excluding carboxylic acids is 1. The number of hydrogen-bond donors (Lipinski definition) is 2. The zero-order chi connectivity index (χ0) is 13.4. The number of nitrogens with one attached hydrogen (secondary N) is 2. The average molecular weight is 248 g/mol. The monoisotopic (exact) mass is 248 g/mol. The molecular formula is C15H24N2O. The molecule has 0 aliphatic heterocycles. The van der Waals surface area contributed by atoms with E-state index in [0.29, 0.717) is 5.92 Å². The van der Waals surface area contributed by atoms with Crippen molar-refractivity contribution in [3.05, 3.63) is 35.9 Å². The summed E-state index contributed by atoms with van der Waals surface area (Å²) in [4.78, 5) is 12.2. The Balaban J connectivity index is 2.60. The highest BCUT2D eigenvalue weighted by molar-refractivity contribution is 5.83. The third-order valence-corrected chi connectivity index (χ3v) is 3.01. The maximum atomic E-state index is 12.2. The van der Waals surface area contributed by atoms with Gasteiger partial charge in [-0.05, 0) is 31.5 Å². The van der Waals surface area contributed by atoms with Crippen LogP contribution in [0.4, 0.5) is 0 Å². The lowest BCUT2D eigenvalue weighted by molar-refractivity contribution is -0.123. The summed E-state index contributed by atoms with van der Waals surface area (Å²) in [5.41, 5.74) is 1.10. The Bertz CT molecular complexity index is 349. The molecule has 1 unspecified atom stereocenters. The van der Waals surface area contributed by atoms with Crippen LogP contribution in [0.2, 0.25) is 0 Å². The molecule has 1 aromatic rings. The van der Waals surface area contributed by atoms with Crippen molar-refractivity contribution < 1.29 is 4.79 Å². The van der Waals surface area contributed by atoms with Crippen LogP contribution in [0.3, 0.4) is 0 Å². The molecule has 0 aliphatic rings. The number of carbonyl (C=O) groups is 1. The molecule has 0 fully saturated rings. The van der Waals surface area contributed by atoms with Crippen LogP contribution in [0.1, 0.15) is 31.7 Å². The van der Waals surface area contributed by atoms with Gasteiger partial charge in [0.05, 0.1) is 5.92 Å². The Morgan fingerprint density at radius 3 is 2.39 bits per heavy atom. The van der Waals surface area contributed by atoms with Crippen LogP contribution in [0.5, 0.6) is 0 Å². The number of hydrogen-bond acceptors (Lipinski definition) is 2. The lowest BCUT2D eigenvalue weighted by atomic mass is 9.87. The van der Waals surface area contributed by atoms with Gasteiger partial charge >= 0.3 is 0 Å². The third-order valence-electron chi connectivity index (χ3n) is 3.01. The molecule has 1 aromatic carbocycles. The average Bonchev–Trinajstić information content (AvgIpc) is 2.36. The molecule has 1 amide bonds. The fraction of sp³-hybridized carbons (Fsp3) is 0.533. The van der Waals surface area contributed by atoms with Gasteiger partial charge in [-0.1, -0.05) is 44.2 Å². The summed E-state index contributed by atoms with van der Waals surface area (Å²) in [5, 5.41) is 6.09. The number of rotatable bonds is 7. The van der Waals surface area contributed by atoms with Crippen LogP contribution in [-0.2, 0) is 4.79 Å². The van der Waals surface area contributed by atoms with E-state index in [0.717, 1.165) is 25.1 Å². The highest BCUT2D eigenvalue weighted by Crippen LogP contribution is 2.24. The summed E-state index contributed by atoms with van der Waals surface area (Å²) >= 11 is 0. The van der Waals surface area contributed by atoms with Crippen LogP contribution >= 0.6 is 0 Å². The molecule has 2 N–H and O–H groups in total. The van der Waals surface area contributed by atoms with Crippen molar-refractivity contribution >= 4 is 5.91 Å². The van der Waals surface area contributed by atoms with Crippen molar-refractivity contribution in [1.82, 2.24) is 10.6 Å². The van der Waals surface area contributed by atoms with E-state index < -0.39 is 0 Å². The van der Waals surface area contributed by atoms with Gasteiger partial charge in [0.15, 0.2) is 0 Å². The minimum absolute atomic E-state index is 0.0548. The van der Waals surface area contributed by atoms with Gasteiger partial charge in [0.2, 0.25) is 5.91 Å². The van der Waals surface area contributed by atoms with E-state index in [9.17, 15) is 4.79 Å². The maximum absolute atomic E-state index is 12.2. The second-order valence-corrected chi connectivity index (χ2v) is 4.88. The van der Waals surface area contributed by atoms with E-state index in [1.165, 1.54) is 0 Å². The van der Waals surface area contributed by atoms with Crippen molar-refractivity contribution in [2.45, 2.75) is 26.2 Å². The van der Waals surface area contributed by atoms with Gasteiger partial charge in [0.25, 0.3) is 0 Å². The zero-order valence-electron chi connectivity index (χ0n) is 11.6. The van der Waals surface area contributed by atoms with Gasteiger partial charge in [-0.15, -0.1) is 0 Å². The first-order valence-electron chi connectivity index (χ1n) is 6.64. The Morgan fingerprint density at radius 2 is 1.83 bits per heavy atom. The first kappa shape index (κ1) is 14.7. The van der Waals surface area contributed by atoms with Crippen LogP contribution in [0.15, 0.2) is 30.3 Å². The lowest BCUT2D eigenvalue weighted by Gasteiger charge is -2.20. The van der Waals surface area contributed by atoms with Crippen LogP contribution in [0.25, 0.3) is 0 Å². The maximum Gasteiger partial charge on any atom is 0.227 e. The highest BCUT2D eigenvalue weighted by Gasteiger charge is 2.23. The minimum atomic E-state index is -0.0548. The molecule has 0 radical (unpaired) electrons. The Hall–Kier alpha value is -1.35. The Morgan fingerprint density at radius 1 is 1.17 bits per heavy atom. The van der Waals surface area contributed by atoms with Crippen LogP contribution < -0.4 is 10.6 Å². The van der Waals surface area contributed by atoms with E-state index in [4.69, 9.17) is 0 Å². The van der Waals surface area contributed by atoms with Gasteiger partial charge in [-0.2, -0.15) is 0 Å². The van der Waals surface area contributed by atoms with E-state index in [-0.39, 0.29) is 11.8 Å². The van der Waals surface area contributed by atoms with Crippen molar-refractivity contribution in [2.24, 2.45) is 5.92 Å². The second-order valence-electron chi connectivity index (χ2n) is 4.88. The van der Waals surface area contributed by atoms with Gasteiger partial charge in [-0.25, -0.2) is 0 Å². The molecule has 1 atom stereocenters. The predicted octanol–water partition coefficient (Wildman–Crippen LogP) is 2.15. The van der Waals surface area contributed by atoms with E-state index in [1.54, 1.807) is 0 Å². The normalized spacial score (nSPS) is 12.4. The molecule has 0 spiro atoms. The van der Waals surface area contributed by atoms with Crippen LogP contribution in [0, 0.1) is 5.92 Å². The molecule has 0 aliphatic carbocycles. The Kier molecular flexibility index (Phi) is 6.44. The molecule has 100 valence electrons. The summed E-state index contributed by atoms with van der Waals surface area (Å²) in [6.07, 6.45) is 0.960. The van der Waals surface area contributed by atoms with Crippen LogP contribution in [-0.4, -0.2) is 26.0 Å². The fourth-order valence-corrected chi connectivity index (χ4v) is 2.09. The van der Waals surface area contributed by atoms with Crippen molar-refractivity contribution in [3.8, 4) is 0 Å². The molecule has 0 heterocycles. The van der Waals surface area contributed by atoms with Crippen molar-refractivity contribution in [1.29, 1.82) is 0 Å². The van der Waals surface area contributed by atoms with Gasteiger partial charge < -0.3 is 10.6 Å². The second kappa shape index (κ2) is 7.88. The fourth-order valence-electron chi connectivity index (χ4n) is 2.09. The van der Waals surface area contributed by atoms with Gasteiger partial charge in [0.1, 0.15) is 0 Å². The summed E-state index contributed by atoms with van der Waals surface area (Å²) in [6, 6.07) is 10.00. The van der Waals surface area contributed by atoms with Crippen molar-refractivity contribution in [3.63, 3.8) is 0 Å². The largest absolute Gasteiger partial charge is 0.356 e. The standard InChI is InChI=1S/C15H24N2O/c1-12(2)14(13-8-5-4-6-9-13)15(18)17-11-7-10-16-3/h4-6,8-9,12,14,16H,7,10-11H2,1-3H3,(H,17,18). The number of benzene rings is 1. The quantitative estimate of drug-likeness (QED) is 0.726. The molecule has 0 bridgehead atoms. The predicted molar refractivity (Wildman–Crippen MR) is 75.6 cm³/mol. The molecule has 0 saturated carbocycles. The molecular weight excluding hydrogens is 224 g/mol. The van der Waals surface area contributed by atoms with E-state index in [1.807, 2.05) is 37.4 Å². The first-order chi connectivity index (χ1) is 8.66. The molecule has 18 heavy (non-hydrogen) atoms. The molecule has 0 aromatic heterocycles. The Labute approximate surface area is 110 Å². The summed E-state index contributed by atoms with van der Waals surface area (Å²) in [7, 11) is 1.92.